The van der Waals surface area contributed by atoms with E-state index in [2.05, 4.69) is 15.2 Å². The molecule has 138 valence electrons. The molecule has 0 amide bonds. The molecule has 0 radical (unpaired) electrons. The zero-order chi connectivity index (χ0) is 17.3. The molecule has 3 rings (SSSR count). The van der Waals surface area contributed by atoms with Crippen molar-refractivity contribution >= 4 is 35.6 Å². The number of nitrogens with two attached hydrogens (primary N) is 1. The van der Waals surface area contributed by atoms with Crippen LogP contribution in [-0.4, -0.2) is 51.3 Å². The van der Waals surface area contributed by atoms with E-state index in [-0.39, 0.29) is 36.6 Å². The van der Waals surface area contributed by atoms with Gasteiger partial charge in [-0.3, -0.25) is 4.40 Å². The van der Waals surface area contributed by atoms with Gasteiger partial charge in [0.15, 0.2) is 17.4 Å². The Morgan fingerprint density at radius 1 is 1.40 bits per heavy atom. The number of ether oxygens (including phenoxy) is 1. The summed E-state index contributed by atoms with van der Waals surface area (Å²) in [5, 5.41) is 7.74. The van der Waals surface area contributed by atoms with E-state index in [0.29, 0.717) is 37.1 Å². The molecule has 2 N–H and O–H groups in total. The second-order valence-corrected chi connectivity index (χ2v) is 5.56. The zero-order valence-electron chi connectivity index (χ0n) is 13.4. The summed E-state index contributed by atoms with van der Waals surface area (Å²) < 4.78 is 45.2. The van der Waals surface area contributed by atoms with Crippen LogP contribution in [0.5, 0.6) is 0 Å². The molecular weight excluding hydrogens is 452 g/mol. The van der Waals surface area contributed by atoms with Gasteiger partial charge in [-0.1, -0.05) is 0 Å². The third-order valence-electron chi connectivity index (χ3n) is 3.75. The van der Waals surface area contributed by atoms with Gasteiger partial charge in [0.1, 0.15) is 6.54 Å². The molecule has 11 heteroatoms. The molecule has 3 heterocycles. The van der Waals surface area contributed by atoms with E-state index < -0.39 is 11.7 Å². The number of rotatable bonds is 2. The number of halogens is 4. The van der Waals surface area contributed by atoms with E-state index >= 15 is 0 Å². The van der Waals surface area contributed by atoms with E-state index in [1.807, 2.05) is 11.8 Å². The smallest absolute Gasteiger partial charge is 0.375 e. The summed E-state index contributed by atoms with van der Waals surface area (Å²) in [6.07, 6.45) is -3.41. The summed E-state index contributed by atoms with van der Waals surface area (Å²) in [5.41, 5.74) is 5.51. The lowest BCUT2D eigenvalue weighted by Crippen LogP contribution is -2.47. The van der Waals surface area contributed by atoms with Crippen molar-refractivity contribution in [1.82, 2.24) is 19.5 Å². The maximum absolute atomic E-state index is 12.8. The zero-order valence-corrected chi connectivity index (χ0v) is 15.7. The van der Waals surface area contributed by atoms with Crippen LogP contribution in [0.25, 0.3) is 5.65 Å². The van der Waals surface area contributed by atoms with Crippen LogP contribution in [0.3, 0.4) is 0 Å². The van der Waals surface area contributed by atoms with Crippen LogP contribution < -0.4 is 5.73 Å². The van der Waals surface area contributed by atoms with Gasteiger partial charge in [0, 0.05) is 19.3 Å². The normalized spacial score (nSPS) is 19.1. The van der Waals surface area contributed by atoms with E-state index in [1.165, 1.54) is 10.5 Å². The largest absolute Gasteiger partial charge is 0.417 e. The Hall–Kier alpha value is -1.63. The Bertz CT molecular complexity index is 763. The summed E-state index contributed by atoms with van der Waals surface area (Å²) in [4.78, 5) is 6.10. The number of alkyl halides is 3. The first-order chi connectivity index (χ1) is 11.3. The molecule has 1 aliphatic heterocycles. The third-order valence-corrected chi connectivity index (χ3v) is 3.75. The topological polar surface area (TPSA) is 81.0 Å². The second-order valence-electron chi connectivity index (χ2n) is 5.56. The van der Waals surface area contributed by atoms with E-state index in [1.54, 1.807) is 0 Å². The average molecular weight is 470 g/mol. The first-order valence-corrected chi connectivity index (χ1v) is 7.42. The van der Waals surface area contributed by atoms with Crippen LogP contribution >= 0.6 is 24.0 Å². The predicted octanol–water partition coefficient (Wildman–Crippen LogP) is 1.90. The van der Waals surface area contributed by atoms with Gasteiger partial charge in [-0.25, -0.2) is 4.99 Å². The molecule has 1 unspecified atom stereocenters. The number of morpholine rings is 1. The van der Waals surface area contributed by atoms with Crippen molar-refractivity contribution in [3.05, 3.63) is 29.7 Å². The summed E-state index contributed by atoms with van der Waals surface area (Å²) in [5.74, 6) is 0.606. The lowest BCUT2D eigenvalue weighted by Gasteiger charge is -2.31. The lowest BCUT2D eigenvalue weighted by molar-refractivity contribution is -0.137. The van der Waals surface area contributed by atoms with E-state index in [9.17, 15) is 13.2 Å². The fourth-order valence-electron chi connectivity index (χ4n) is 2.49. The summed E-state index contributed by atoms with van der Waals surface area (Å²) in [7, 11) is 0. The molecule has 1 saturated heterocycles. The van der Waals surface area contributed by atoms with Crippen molar-refractivity contribution in [1.29, 1.82) is 0 Å². The second kappa shape index (κ2) is 7.72. The monoisotopic (exact) mass is 470 g/mol. The number of hydrogen-bond acceptors (Lipinski definition) is 4. The van der Waals surface area contributed by atoms with Gasteiger partial charge in [-0.05, 0) is 19.1 Å². The highest BCUT2D eigenvalue weighted by atomic mass is 127. The Kier molecular flexibility index (Phi) is 6.08. The minimum atomic E-state index is -4.43. The van der Waals surface area contributed by atoms with Crippen LogP contribution in [0.1, 0.15) is 18.3 Å². The SMILES string of the molecule is CC1CN(C(N)=NCc2nnc3ccc(C(F)(F)F)cn23)CCO1.I. The standard InChI is InChI=1S/C14H17F3N6O.HI/c1-9-7-22(4-5-24-9)13(18)19-6-12-21-20-11-3-2-10(8-23(11)12)14(15,16)17;/h2-3,8-9H,4-7H2,1H3,(H2,18,19);1H. The average Bonchev–Trinajstić information content (AvgIpc) is 2.94. The maximum Gasteiger partial charge on any atom is 0.417 e. The molecule has 25 heavy (non-hydrogen) atoms. The highest BCUT2D eigenvalue weighted by Crippen LogP contribution is 2.29. The summed E-state index contributed by atoms with van der Waals surface area (Å²) in [6.45, 7) is 3.77. The van der Waals surface area contributed by atoms with Gasteiger partial charge < -0.3 is 15.4 Å². The highest BCUT2D eigenvalue weighted by Gasteiger charge is 2.31. The number of pyridine rings is 1. The fraction of sp³-hybridized carbons (Fsp3) is 0.500. The van der Waals surface area contributed by atoms with Gasteiger partial charge in [-0.15, -0.1) is 34.2 Å². The van der Waals surface area contributed by atoms with Crippen molar-refractivity contribution in [2.24, 2.45) is 10.7 Å². The first kappa shape index (κ1) is 19.7. The van der Waals surface area contributed by atoms with Crippen molar-refractivity contribution in [2.75, 3.05) is 19.7 Å². The fourth-order valence-corrected chi connectivity index (χ4v) is 2.49. The molecule has 2 aromatic rings. The van der Waals surface area contributed by atoms with Crippen LogP contribution in [-0.2, 0) is 17.5 Å². The Morgan fingerprint density at radius 2 is 2.16 bits per heavy atom. The van der Waals surface area contributed by atoms with Crippen LogP contribution in [0.4, 0.5) is 13.2 Å². The molecule has 2 aromatic heterocycles. The predicted molar refractivity (Wildman–Crippen MR) is 95.7 cm³/mol. The molecule has 7 nitrogen and oxygen atoms in total. The number of aromatic nitrogens is 3. The minimum absolute atomic E-state index is 0. The van der Waals surface area contributed by atoms with E-state index in [4.69, 9.17) is 10.5 Å². The molecular formula is C14H18F3IN6O. The lowest BCUT2D eigenvalue weighted by atomic mass is 10.3. The highest BCUT2D eigenvalue weighted by molar-refractivity contribution is 14.0. The van der Waals surface area contributed by atoms with Gasteiger partial charge in [0.25, 0.3) is 0 Å². The first-order valence-electron chi connectivity index (χ1n) is 7.42. The van der Waals surface area contributed by atoms with Crippen LogP contribution in [0, 0.1) is 0 Å². The molecule has 0 bridgehead atoms. The summed E-state index contributed by atoms with van der Waals surface area (Å²) >= 11 is 0. The van der Waals surface area contributed by atoms with Gasteiger partial charge in [0.05, 0.1) is 18.3 Å². The van der Waals surface area contributed by atoms with Gasteiger partial charge in [0.2, 0.25) is 0 Å². The van der Waals surface area contributed by atoms with Crippen molar-refractivity contribution in [2.45, 2.75) is 25.7 Å². The molecule has 1 aliphatic rings. The minimum Gasteiger partial charge on any atom is -0.375 e. The number of guanidine groups is 1. The summed E-state index contributed by atoms with van der Waals surface area (Å²) in [6, 6.07) is 2.25. The molecule has 0 saturated carbocycles. The molecule has 0 spiro atoms. The third kappa shape index (κ3) is 4.51. The van der Waals surface area contributed by atoms with E-state index in [0.717, 1.165) is 12.3 Å². The maximum atomic E-state index is 12.8. The molecule has 0 aliphatic carbocycles. The number of hydrogen-bond donors (Lipinski definition) is 1. The van der Waals surface area contributed by atoms with Crippen LogP contribution in [0.2, 0.25) is 0 Å². The van der Waals surface area contributed by atoms with Crippen LogP contribution in [0.15, 0.2) is 23.3 Å². The van der Waals surface area contributed by atoms with Crippen molar-refractivity contribution < 1.29 is 17.9 Å². The molecule has 1 fully saturated rings. The van der Waals surface area contributed by atoms with Crippen molar-refractivity contribution in [3.63, 3.8) is 0 Å². The number of fused-ring (bicyclic) bond motifs is 1. The van der Waals surface area contributed by atoms with Gasteiger partial charge in [-0.2, -0.15) is 13.2 Å². The number of aliphatic imine (C=N–C) groups is 1. The Labute approximate surface area is 159 Å². The van der Waals surface area contributed by atoms with Gasteiger partial charge >= 0.3 is 6.18 Å². The Balaban J connectivity index is 0.00000225. The molecule has 0 aromatic carbocycles. The Morgan fingerprint density at radius 3 is 2.84 bits per heavy atom. The quantitative estimate of drug-likeness (QED) is 0.412. The van der Waals surface area contributed by atoms with Crippen molar-refractivity contribution in [3.8, 4) is 0 Å². The number of nitrogens with zero attached hydrogens (tertiary/aromatic N) is 5. The molecule has 1 atom stereocenters.